The fraction of sp³-hybridized carbons (Fsp3) is 0.160. The number of nitrogens with zero attached hydrogens (tertiary/aromatic N) is 3. The van der Waals surface area contributed by atoms with Gasteiger partial charge < -0.3 is 10.1 Å². The Morgan fingerprint density at radius 2 is 1.82 bits per heavy atom. The minimum Gasteiger partial charge on any atom is -0.497 e. The molecule has 0 aliphatic heterocycles. The lowest BCUT2D eigenvalue weighted by Gasteiger charge is -2.12. The van der Waals surface area contributed by atoms with Gasteiger partial charge >= 0.3 is 0 Å². The van der Waals surface area contributed by atoms with Gasteiger partial charge in [-0.25, -0.2) is 0 Å². The van der Waals surface area contributed by atoms with Crippen LogP contribution in [0.5, 0.6) is 5.75 Å². The number of rotatable bonds is 8. The van der Waals surface area contributed by atoms with Crippen molar-refractivity contribution in [3.8, 4) is 22.8 Å². The second-order valence-corrected chi connectivity index (χ2v) is 8.75. The number of para-hydroxylation sites is 1. The summed E-state index contributed by atoms with van der Waals surface area (Å²) >= 11 is 7.91. The van der Waals surface area contributed by atoms with E-state index in [4.69, 9.17) is 16.3 Å². The topological polar surface area (TPSA) is 69.0 Å². The van der Waals surface area contributed by atoms with E-state index in [0.29, 0.717) is 28.2 Å². The van der Waals surface area contributed by atoms with E-state index in [2.05, 4.69) is 15.5 Å². The van der Waals surface area contributed by atoms with Crippen LogP contribution in [0.25, 0.3) is 17.1 Å². The Morgan fingerprint density at radius 3 is 2.55 bits per heavy atom. The van der Waals surface area contributed by atoms with Crippen molar-refractivity contribution in [1.29, 1.82) is 0 Å². The number of hydrogen-bond donors (Lipinski definition) is 1. The van der Waals surface area contributed by atoms with Crippen LogP contribution < -0.4 is 10.1 Å². The van der Waals surface area contributed by atoms with Gasteiger partial charge in [-0.1, -0.05) is 53.7 Å². The number of halogens is 1. The van der Waals surface area contributed by atoms with Crippen molar-refractivity contribution in [3.63, 3.8) is 0 Å². The third-order valence-electron chi connectivity index (χ3n) is 5.03. The number of amides is 1. The smallest absolute Gasteiger partial charge is 0.225 e. The summed E-state index contributed by atoms with van der Waals surface area (Å²) in [5.74, 6) is 1.91. The van der Waals surface area contributed by atoms with Gasteiger partial charge in [-0.3, -0.25) is 9.36 Å². The summed E-state index contributed by atoms with van der Waals surface area (Å²) in [6.07, 6.45) is 0.333. The lowest BCUT2D eigenvalue weighted by atomic mass is 10.2. The Labute approximate surface area is 202 Å². The van der Waals surface area contributed by atoms with Crippen LogP contribution in [0, 0.1) is 6.92 Å². The van der Waals surface area contributed by atoms with Crippen LogP contribution in [0.1, 0.15) is 12.0 Å². The van der Waals surface area contributed by atoms with Crippen molar-refractivity contribution in [1.82, 2.24) is 14.8 Å². The average Bonchev–Trinajstić information content (AvgIpc) is 3.24. The number of thioether (sulfide) groups is 1. The zero-order valence-electron chi connectivity index (χ0n) is 18.3. The van der Waals surface area contributed by atoms with E-state index >= 15 is 0 Å². The predicted molar refractivity (Wildman–Crippen MR) is 134 cm³/mol. The number of carbonyl (C=O) groups is 1. The molecule has 3 aromatic carbocycles. The first kappa shape index (κ1) is 22.9. The SMILES string of the molecule is COc1ccc(NC(=O)CCSc2nnc(-c3ccccc3Cl)n2-c2ccccc2)c(C)c1. The van der Waals surface area contributed by atoms with Gasteiger partial charge in [0.2, 0.25) is 5.91 Å². The summed E-state index contributed by atoms with van der Waals surface area (Å²) in [6, 6.07) is 23.0. The van der Waals surface area contributed by atoms with Crippen LogP contribution >= 0.6 is 23.4 Å². The van der Waals surface area contributed by atoms with Gasteiger partial charge in [-0.05, 0) is 55.0 Å². The molecule has 0 saturated carbocycles. The first-order chi connectivity index (χ1) is 16.1. The first-order valence-electron chi connectivity index (χ1n) is 10.4. The molecule has 4 rings (SSSR count). The Kier molecular flexibility index (Phi) is 7.32. The number of aromatic nitrogens is 3. The molecule has 6 nitrogen and oxygen atoms in total. The van der Waals surface area contributed by atoms with E-state index in [1.807, 2.05) is 84.3 Å². The van der Waals surface area contributed by atoms with Gasteiger partial charge in [0.1, 0.15) is 5.75 Å². The van der Waals surface area contributed by atoms with E-state index in [1.54, 1.807) is 7.11 Å². The van der Waals surface area contributed by atoms with Crippen LogP contribution in [0.2, 0.25) is 5.02 Å². The number of ether oxygens (including phenoxy) is 1. The van der Waals surface area contributed by atoms with E-state index < -0.39 is 0 Å². The quantitative estimate of drug-likeness (QED) is 0.313. The largest absolute Gasteiger partial charge is 0.497 e. The predicted octanol–water partition coefficient (Wildman–Crippen LogP) is 6.03. The number of anilines is 1. The minimum atomic E-state index is -0.0622. The van der Waals surface area contributed by atoms with Crippen LogP contribution in [0.15, 0.2) is 78.0 Å². The molecular formula is C25H23ClN4O2S. The number of aryl methyl sites for hydroxylation is 1. The zero-order valence-corrected chi connectivity index (χ0v) is 19.9. The highest BCUT2D eigenvalue weighted by Crippen LogP contribution is 2.32. The third-order valence-corrected chi connectivity index (χ3v) is 6.29. The molecule has 0 spiro atoms. The Bertz CT molecular complexity index is 1260. The number of hydrogen-bond acceptors (Lipinski definition) is 5. The highest BCUT2D eigenvalue weighted by Gasteiger charge is 2.18. The van der Waals surface area contributed by atoms with Gasteiger partial charge in [-0.2, -0.15) is 0 Å². The van der Waals surface area contributed by atoms with Crippen molar-refractivity contribution in [2.24, 2.45) is 0 Å². The fourth-order valence-corrected chi connectivity index (χ4v) is 4.45. The van der Waals surface area contributed by atoms with Crippen molar-refractivity contribution in [2.45, 2.75) is 18.5 Å². The molecule has 0 aliphatic rings. The van der Waals surface area contributed by atoms with E-state index in [-0.39, 0.29) is 5.91 Å². The molecule has 8 heteroatoms. The molecule has 1 heterocycles. The second-order valence-electron chi connectivity index (χ2n) is 7.28. The second kappa shape index (κ2) is 10.6. The van der Waals surface area contributed by atoms with Crippen molar-refractivity contribution < 1.29 is 9.53 Å². The summed E-state index contributed by atoms with van der Waals surface area (Å²) in [5, 5.41) is 13.1. The van der Waals surface area contributed by atoms with E-state index in [0.717, 1.165) is 28.3 Å². The molecule has 1 amide bonds. The lowest BCUT2D eigenvalue weighted by molar-refractivity contribution is -0.115. The summed E-state index contributed by atoms with van der Waals surface area (Å²) < 4.78 is 7.19. The molecule has 0 aliphatic carbocycles. The monoisotopic (exact) mass is 478 g/mol. The van der Waals surface area contributed by atoms with E-state index in [1.165, 1.54) is 11.8 Å². The lowest BCUT2D eigenvalue weighted by Crippen LogP contribution is -2.13. The molecule has 168 valence electrons. The van der Waals surface area contributed by atoms with Gasteiger partial charge in [-0.15, -0.1) is 10.2 Å². The number of benzene rings is 3. The van der Waals surface area contributed by atoms with Crippen LogP contribution in [0.4, 0.5) is 5.69 Å². The van der Waals surface area contributed by atoms with E-state index in [9.17, 15) is 4.79 Å². The van der Waals surface area contributed by atoms with Gasteiger partial charge in [0.05, 0.1) is 12.1 Å². The van der Waals surface area contributed by atoms with Crippen LogP contribution in [-0.4, -0.2) is 33.5 Å². The Hall–Kier alpha value is -3.29. The average molecular weight is 479 g/mol. The number of nitrogens with one attached hydrogen (secondary N) is 1. The summed E-state index contributed by atoms with van der Waals surface area (Å²) in [6.45, 7) is 1.94. The molecule has 1 aromatic heterocycles. The van der Waals surface area contributed by atoms with Gasteiger partial charge in [0, 0.05) is 29.1 Å². The number of methoxy groups -OCH3 is 1. The molecule has 4 aromatic rings. The molecule has 1 N–H and O–H groups in total. The Morgan fingerprint density at radius 1 is 1.06 bits per heavy atom. The molecule has 0 unspecified atom stereocenters. The van der Waals surface area contributed by atoms with Gasteiger partial charge in [0.15, 0.2) is 11.0 Å². The standard InChI is InChI=1S/C25H23ClN4O2S/c1-17-16-19(32-2)12-13-22(17)27-23(31)14-15-33-25-29-28-24(20-10-6-7-11-21(20)26)30(25)18-8-4-3-5-9-18/h3-13,16H,14-15H2,1-2H3,(H,27,31). The molecular weight excluding hydrogens is 456 g/mol. The zero-order chi connectivity index (χ0) is 23.2. The van der Waals surface area contributed by atoms with Gasteiger partial charge in [0.25, 0.3) is 0 Å². The normalized spacial score (nSPS) is 10.8. The van der Waals surface area contributed by atoms with Crippen molar-refractivity contribution >= 4 is 35.0 Å². The summed E-state index contributed by atoms with van der Waals surface area (Å²) in [4.78, 5) is 12.5. The summed E-state index contributed by atoms with van der Waals surface area (Å²) in [5.41, 5.74) is 3.45. The first-order valence-corrected chi connectivity index (χ1v) is 11.8. The molecule has 0 bridgehead atoms. The number of carbonyl (C=O) groups excluding carboxylic acids is 1. The summed E-state index contributed by atoms with van der Waals surface area (Å²) in [7, 11) is 1.62. The van der Waals surface area contributed by atoms with Crippen molar-refractivity contribution in [2.75, 3.05) is 18.2 Å². The maximum atomic E-state index is 12.5. The molecule has 0 atom stereocenters. The van der Waals surface area contributed by atoms with Crippen LogP contribution in [0.3, 0.4) is 0 Å². The molecule has 0 saturated heterocycles. The third kappa shape index (κ3) is 5.38. The minimum absolute atomic E-state index is 0.0622. The van der Waals surface area contributed by atoms with Crippen LogP contribution in [-0.2, 0) is 4.79 Å². The molecule has 33 heavy (non-hydrogen) atoms. The highest BCUT2D eigenvalue weighted by atomic mass is 35.5. The Balaban J connectivity index is 1.49. The molecule has 0 radical (unpaired) electrons. The maximum absolute atomic E-state index is 12.5. The molecule has 0 fully saturated rings. The maximum Gasteiger partial charge on any atom is 0.225 e. The fourth-order valence-electron chi connectivity index (χ4n) is 3.34. The highest BCUT2D eigenvalue weighted by molar-refractivity contribution is 7.99. The van der Waals surface area contributed by atoms with Crippen molar-refractivity contribution in [3.05, 3.63) is 83.4 Å².